The van der Waals surface area contributed by atoms with E-state index < -0.39 is 0 Å². The summed E-state index contributed by atoms with van der Waals surface area (Å²) in [6, 6.07) is 3.81. The van der Waals surface area contributed by atoms with Crippen LogP contribution < -0.4 is 11.3 Å². The first kappa shape index (κ1) is 12.8. The van der Waals surface area contributed by atoms with Crippen LogP contribution in [0.4, 0.5) is 5.82 Å². The van der Waals surface area contributed by atoms with Crippen LogP contribution in [0.3, 0.4) is 0 Å². The first-order valence-electron chi connectivity index (χ1n) is 6.07. The number of carbonyl (C=O) groups is 1. The molecule has 1 saturated heterocycles. The second kappa shape index (κ2) is 5.79. The standard InChI is InChI=1S/C12H19N5O/c1-16-5-2-6-17(9-12(16)18)8-10-3-4-11(15-13)14-7-10/h3-4,7H,2,5-6,8-9,13H2,1H3,(H,14,15). The number of carbonyl (C=O) groups excluding carboxylic acids is 1. The summed E-state index contributed by atoms with van der Waals surface area (Å²) in [6.45, 7) is 3.00. The molecule has 0 bridgehead atoms. The van der Waals surface area contributed by atoms with Gasteiger partial charge in [-0.15, -0.1) is 0 Å². The molecule has 0 aromatic carbocycles. The summed E-state index contributed by atoms with van der Waals surface area (Å²) in [6.07, 6.45) is 2.80. The average molecular weight is 249 g/mol. The van der Waals surface area contributed by atoms with Gasteiger partial charge in [-0.05, 0) is 18.1 Å². The molecule has 0 saturated carbocycles. The van der Waals surface area contributed by atoms with E-state index in [4.69, 9.17) is 5.84 Å². The fraction of sp³-hybridized carbons (Fsp3) is 0.500. The molecule has 0 aliphatic carbocycles. The van der Waals surface area contributed by atoms with Crippen molar-refractivity contribution in [1.82, 2.24) is 14.8 Å². The van der Waals surface area contributed by atoms with Crippen molar-refractivity contribution in [3.8, 4) is 0 Å². The number of amides is 1. The lowest BCUT2D eigenvalue weighted by Gasteiger charge is -2.19. The lowest BCUT2D eigenvalue weighted by molar-refractivity contribution is -0.129. The van der Waals surface area contributed by atoms with Crippen molar-refractivity contribution in [3.05, 3.63) is 23.9 Å². The first-order chi connectivity index (χ1) is 8.69. The molecule has 0 unspecified atom stereocenters. The quantitative estimate of drug-likeness (QED) is 0.584. The minimum atomic E-state index is 0.181. The minimum Gasteiger partial charge on any atom is -0.345 e. The van der Waals surface area contributed by atoms with E-state index in [0.29, 0.717) is 12.4 Å². The SMILES string of the molecule is CN1CCCN(Cc2ccc(NN)nc2)CC1=O. The monoisotopic (exact) mass is 249 g/mol. The number of pyridine rings is 1. The van der Waals surface area contributed by atoms with Crippen molar-refractivity contribution in [2.45, 2.75) is 13.0 Å². The highest BCUT2D eigenvalue weighted by Crippen LogP contribution is 2.10. The van der Waals surface area contributed by atoms with Crippen molar-refractivity contribution >= 4 is 11.7 Å². The van der Waals surface area contributed by atoms with Gasteiger partial charge in [-0.25, -0.2) is 10.8 Å². The molecule has 1 amide bonds. The Labute approximate surface area is 107 Å². The Bertz CT molecular complexity index is 405. The van der Waals surface area contributed by atoms with E-state index in [2.05, 4.69) is 15.3 Å². The number of likely N-dealkylation sites (N-methyl/N-ethyl adjacent to an activating group) is 1. The van der Waals surface area contributed by atoms with Gasteiger partial charge in [0.15, 0.2) is 0 Å². The second-order valence-corrected chi connectivity index (χ2v) is 4.58. The molecular formula is C12H19N5O. The third-order valence-corrected chi connectivity index (χ3v) is 3.13. The number of nitrogens with one attached hydrogen (secondary N) is 1. The van der Waals surface area contributed by atoms with Crippen LogP contribution in [0.15, 0.2) is 18.3 Å². The number of hydrogen-bond acceptors (Lipinski definition) is 5. The molecule has 2 rings (SSSR count). The van der Waals surface area contributed by atoms with Gasteiger partial charge in [0.05, 0.1) is 6.54 Å². The summed E-state index contributed by atoms with van der Waals surface area (Å²) in [5, 5.41) is 0. The molecule has 1 aromatic heterocycles. The van der Waals surface area contributed by atoms with Gasteiger partial charge in [0.1, 0.15) is 5.82 Å². The maximum atomic E-state index is 11.8. The van der Waals surface area contributed by atoms with E-state index in [0.717, 1.165) is 31.6 Å². The highest BCUT2D eigenvalue weighted by molar-refractivity contribution is 5.78. The maximum Gasteiger partial charge on any atom is 0.236 e. The molecule has 1 aromatic rings. The Balaban J connectivity index is 1.97. The van der Waals surface area contributed by atoms with Crippen LogP contribution in [0.1, 0.15) is 12.0 Å². The Morgan fingerprint density at radius 3 is 2.94 bits per heavy atom. The van der Waals surface area contributed by atoms with Crippen LogP contribution in [0.25, 0.3) is 0 Å². The van der Waals surface area contributed by atoms with Crippen LogP contribution in [-0.4, -0.2) is 47.4 Å². The van der Waals surface area contributed by atoms with E-state index >= 15 is 0 Å². The largest absolute Gasteiger partial charge is 0.345 e. The Hall–Kier alpha value is -1.66. The van der Waals surface area contributed by atoms with E-state index in [1.54, 1.807) is 11.1 Å². The number of hydrogen-bond donors (Lipinski definition) is 2. The van der Waals surface area contributed by atoms with E-state index in [9.17, 15) is 4.79 Å². The van der Waals surface area contributed by atoms with Crippen LogP contribution in [-0.2, 0) is 11.3 Å². The molecule has 6 nitrogen and oxygen atoms in total. The molecule has 6 heteroatoms. The number of aromatic nitrogens is 1. The molecule has 1 aliphatic rings. The van der Waals surface area contributed by atoms with Gasteiger partial charge in [0, 0.05) is 32.9 Å². The van der Waals surface area contributed by atoms with Crippen molar-refractivity contribution < 1.29 is 4.79 Å². The topological polar surface area (TPSA) is 74.5 Å². The molecule has 2 heterocycles. The Kier molecular flexibility index (Phi) is 4.11. The molecular weight excluding hydrogens is 230 g/mol. The third kappa shape index (κ3) is 3.18. The van der Waals surface area contributed by atoms with Gasteiger partial charge in [-0.2, -0.15) is 0 Å². The molecule has 0 spiro atoms. The summed E-state index contributed by atoms with van der Waals surface area (Å²) in [5.74, 6) is 6.09. The third-order valence-electron chi connectivity index (χ3n) is 3.13. The summed E-state index contributed by atoms with van der Waals surface area (Å²) >= 11 is 0. The van der Waals surface area contributed by atoms with Crippen LogP contribution >= 0.6 is 0 Å². The molecule has 18 heavy (non-hydrogen) atoms. The maximum absolute atomic E-state index is 11.8. The fourth-order valence-corrected chi connectivity index (χ4v) is 2.04. The molecule has 0 radical (unpaired) electrons. The summed E-state index contributed by atoms with van der Waals surface area (Å²) in [5.41, 5.74) is 3.58. The summed E-state index contributed by atoms with van der Waals surface area (Å²) in [4.78, 5) is 19.9. The zero-order valence-electron chi connectivity index (χ0n) is 10.6. The predicted octanol–water partition coefficient (Wildman–Crippen LogP) is 0.0313. The lowest BCUT2D eigenvalue weighted by atomic mass is 10.2. The minimum absolute atomic E-state index is 0.181. The zero-order chi connectivity index (χ0) is 13.0. The van der Waals surface area contributed by atoms with Crippen molar-refractivity contribution in [3.63, 3.8) is 0 Å². The summed E-state index contributed by atoms with van der Waals surface area (Å²) in [7, 11) is 1.86. The number of nitrogen functional groups attached to an aromatic ring is 1. The highest BCUT2D eigenvalue weighted by Gasteiger charge is 2.18. The van der Waals surface area contributed by atoms with E-state index in [1.807, 2.05) is 19.2 Å². The number of nitrogens with zero attached hydrogens (tertiary/aromatic N) is 3. The predicted molar refractivity (Wildman–Crippen MR) is 69.6 cm³/mol. The zero-order valence-corrected chi connectivity index (χ0v) is 10.6. The van der Waals surface area contributed by atoms with E-state index in [1.165, 1.54) is 0 Å². The van der Waals surface area contributed by atoms with Gasteiger partial charge in [-0.1, -0.05) is 6.07 Å². The van der Waals surface area contributed by atoms with Crippen LogP contribution in [0.2, 0.25) is 0 Å². The number of anilines is 1. The van der Waals surface area contributed by atoms with Crippen molar-refractivity contribution in [1.29, 1.82) is 0 Å². The molecule has 0 atom stereocenters. The van der Waals surface area contributed by atoms with Crippen LogP contribution in [0, 0.1) is 0 Å². The molecule has 1 aliphatic heterocycles. The molecule has 1 fully saturated rings. The second-order valence-electron chi connectivity index (χ2n) is 4.58. The number of nitrogens with two attached hydrogens (primary N) is 1. The molecule has 98 valence electrons. The van der Waals surface area contributed by atoms with Gasteiger partial charge in [-0.3, -0.25) is 9.69 Å². The van der Waals surface area contributed by atoms with Crippen LogP contribution in [0.5, 0.6) is 0 Å². The average Bonchev–Trinajstić information content (AvgIpc) is 2.53. The normalized spacial score (nSPS) is 17.7. The highest BCUT2D eigenvalue weighted by atomic mass is 16.2. The smallest absolute Gasteiger partial charge is 0.236 e. The van der Waals surface area contributed by atoms with Crippen molar-refractivity contribution in [2.24, 2.45) is 5.84 Å². The fourth-order valence-electron chi connectivity index (χ4n) is 2.04. The number of rotatable bonds is 3. The Morgan fingerprint density at radius 1 is 1.44 bits per heavy atom. The van der Waals surface area contributed by atoms with Gasteiger partial charge < -0.3 is 10.3 Å². The van der Waals surface area contributed by atoms with Gasteiger partial charge >= 0.3 is 0 Å². The van der Waals surface area contributed by atoms with Gasteiger partial charge in [0.2, 0.25) is 5.91 Å². The Morgan fingerprint density at radius 2 is 2.28 bits per heavy atom. The molecule has 3 N–H and O–H groups in total. The van der Waals surface area contributed by atoms with E-state index in [-0.39, 0.29) is 5.91 Å². The van der Waals surface area contributed by atoms with Gasteiger partial charge in [0.25, 0.3) is 0 Å². The summed E-state index contributed by atoms with van der Waals surface area (Å²) < 4.78 is 0. The van der Waals surface area contributed by atoms with Crippen molar-refractivity contribution in [2.75, 3.05) is 32.1 Å². The lowest BCUT2D eigenvalue weighted by Crippen LogP contribution is -2.34. The first-order valence-corrected chi connectivity index (χ1v) is 6.07. The number of hydrazine groups is 1.